The van der Waals surface area contributed by atoms with Gasteiger partial charge in [-0.15, -0.1) is 0 Å². The van der Waals surface area contributed by atoms with Crippen molar-refractivity contribution in [1.82, 2.24) is 14.1 Å². The smallest absolute Gasteiger partial charge is 0.228 e. The van der Waals surface area contributed by atoms with Crippen LogP contribution in [0.2, 0.25) is 0 Å². The molecule has 7 nitrogen and oxygen atoms in total. The molecule has 2 heterocycles. The van der Waals surface area contributed by atoms with Gasteiger partial charge < -0.3 is 9.80 Å². The molecule has 0 radical (unpaired) electrons. The van der Waals surface area contributed by atoms with Crippen molar-refractivity contribution in [2.24, 2.45) is 29.1 Å². The highest BCUT2D eigenvalue weighted by Crippen LogP contribution is 2.60. The molecule has 0 atom stereocenters. The lowest BCUT2D eigenvalue weighted by atomic mass is 9.49. The summed E-state index contributed by atoms with van der Waals surface area (Å²) in [6.07, 6.45) is 8.51. The van der Waals surface area contributed by atoms with Gasteiger partial charge in [-0.1, -0.05) is 0 Å². The average molecular weight is 452 g/mol. The molecule has 6 fully saturated rings. The van der Waals surface area contributed by atoms with Gasteiger partial charge in [0.1, 0.15) is 0 Å². The average Bonchev–Trinajstić information content (AvgIpc) is 2.77. The van der Waals surface area contributed by atoms with E-state index >= 15 is 0 Å². The summed E-state index contributed by atoms with van der Waals surface area (Å²) in [5.41, 5.74) is -0.0987. The molecule has 2 saturated heterocycles. The van der Waals surface area contributed by atoms with Crippen molar-refractivity contribution >= 4 is 21.8 Å². The molecule has 6 aliphatic rings. The van der Waals surface area contributed by atoms with Crippen LogP contribution in [0.1, 0.15) is 58.3 Å². The number of rotatable bonds is 4. The van der Waals surface area contributed by atoms with Crippen LogP contribution in [-0.4, -0.2) is 79.4 Å². The minimum atomic E-state index is -3.17. The number of piperazine rings is 1. The molecule has 0 aromatic rings. The number of sulfonamides is 1. The maximum atomic E-state index is 13.5. The summed E-state index contributed by atoms with van der Waals surface area (Å²) in [4.78, 5) is 30.5. The van der Waals surface area contributed by atoms with E-state index in [4.69, 9.17) is 0 Å². The maximum absolute atomic E-state index is 13.5. The first-order valence-electron chi connectivity index (χ1n) is 12.4. The fourth-order valence-corrected chi connectivity index (χ4v) is 8.79. The topological polar surface area (TPSA) is 78.0 Å². The van der Waals surface area contributed by atoms with E-state index < -0.39 is 10.0 Å². The molecule has 0 N–H and O–H groups in total. The number of hydrogen-bond acceptors (Lipinski definition) is 4. The maximum Gasteiger partial charge on any atom is 0.228 e. The van der Waals surface area contributed by atoms with Crippen LogP contribution < -0.4 is 0 Å². The molecule has 0 aromatic carbocycles. The van der Waals surface area contributed by atoms with E-state index in [1.807, 2.05) is 9.80 Å². The van der Waals surface area contributed by atoms with Crippen molar-refractivity contribution in [2.75, 3.05) is 45.0 Å². The monoisotopic (exact) mass is 451 g/mol. The first-order chi connectivity index (χ1) is 14.8. The lowest BCUT2D eigenvalue weighted by molar-refractivity contribution is -0.161. The van der Waals surface area contributed by atoms with Gasteiger partial charge in [0.25, 0.3) is 0 Å². The standard InChI is InChI=1S/C23H37N3O4S/c1-2-31(29,30)26-5-3-20(4-6-26)21(27)24-7-9-25(10-8-24)22(28)23-14-17-11-18(15-23)13-19(12-17)16-23/h17-20H,2-16H2,1H3. The van der Waals surface area contributed by atoms with Gasteiger partial charge in [-0.05, 0) is 76.0 Å². The lowest BCUT2D eigenvalue weighted by Gasteiger charge is -2.57. The number of carbonyl (C=O) groups excluding carboxylic acids is 2. The van der Waals surface area contributed by atoms with E-state index in [0.717, 1.165) is 37.0 Å². The highest BCUT2D eigenvalue weighted by molar-refractivity contribution is 7.89. The van der Waals surface area contributed by atoms with Crippen molar-refractivity contribution in [1.29, 1.82) is 0 Å². The van der Waals surface area contributed by atoms with Crippen molar-refractivity contribution < 1.29 is 18.0 Å². The molecule has 8 heteroatoms. The van der Waals surface area contributed by atoms with Gasteiger partial charge in [-0.2, -0.15) is 0 Å². The van der Waals surface area contributed by atoms with Crippen LogP contribution in [0.3, 0.4) is 0 Å². The van der Waals surface area contributed by atoms with E-state index in [-0.39, 0.29) is 23.0 Å². The fraction of sp³-hybridized carbons (Fsp3) is 0.913. The zero-order valence-corrected chi connectivity index (χ0v) is 19.6. The summed E-state index contributed by atoms with van der Waals surface area (Å²) in [6, 6.07) is 0. The van der Waals surface area contributed by atoms with Crippen LogP contribution in [0.15, 0.2) is 0 Å². The second kappa shape index (κ2) is 8.01. The summed E-state index contributed by atoms with van der Waals surface area (Å²) >= 11 is 0. The molecule has 4 saturated carbocycles. The zero-order chi connectivity index (χ0) is 21.8. The summed E-state index contributed by atoms with van der Waals surface area (Å²) in [6.45, 7) is 5.07. The molecule has 6 rings (SSSR count). The Morgan fingerprint density at radius 3 is 1.77 bits per heavy atom. The van der Waals surface area contributed by atoms with E-state index in [9.17, 15) is 18.0 Å². The Kier molecular flexibility index (Phi) is 5.60. The minimum absolute atomic E-state index is 0.0892. The van der Waals surface area contributed by atoms with Crippen LogP contribution >= 0.6 is 0 Å². The third-order valence-corrected chi connectivity index (χ3v) is 10.8. The van der Waals surface area contributed by atoms with Crippen LogP contribution in [0, 0.1) is 29.1 Å². The summed E-state index contributed by atoms with van der Waals surface area (Å²) in [5.74, 6) is 2.84. The summed E-state index contributed by atoms with van der Waals surface area (Å²) in [7, 11) is -3.17. The molecule has 0 spiro atoms. The van der Waals surface area contributed by atoms with Gasteiger partial charge in [0.15, 0.2) is 0 Å². The van der Waals surface area contributed by atoms with Gasteiger partial charge in [0.2, 0.25) is 21.8 Å². The Balaban J connectivity index is 1.14. The third-order valence-electron chi connectivity index (χ3n) is 8.93. The second-order valence-electron chi connectivity index (χ2n) is 10.9. The Bertz CT molecular complexity index is 790. The largest absolute Gasteiger partial charge is 0.339 e. The lowest BCUT2D eigenvalue weighted by Crippen LogP contribution is -2.59. The molecule has 4 bridgehead atoms. The van der Waals surface area contributed by atoms with Crippen molar-refractivity contribution in [3.63, 3.8) is 0 Å². The van der Waals surface area contributed by atoms with Crippen LogP contribution in [0.5, 0.6) is 0 Å². The van der Waals surface area contributed by atoms with Gasteiger partial charge >= 0.3 is 0 Å². The van der Waals surface area contributed by atoms with Crippen LogP contribution in [-0.2, 0) is 19.6 Å². The van der Waals surface area contributed by atoms with Crippen molar-refractivity contribution in [2.45, 2.75) is 58.3 Å². The highest BCUT2D eigenvalue weighted by Gasteiger charge is 2.55. The molecule has 4 aliphatic carbocycles. The van der Waals surface area contributed by atoms with Crippen molar-refractivity contribution in [3.05, 3.63) is 0 Å². The highest BCUT2D eigenvalue weighted by atomic mass is 32.2. The van der Waals surface area contributed by atoms with Gasteiger partial charge in [0, 0.05) is 45.2 Å². The molecule has 2 amide bonds. The normalized spacial score (nSPS) is 36.7. The van der Waals surface area contributed by atoms with E-state index in [0.29, 0.717) is 58.0 Å². The third kappa shape index (κ3) is 3.92. The Hall–Kier alpha value is -1.15. The fourth-order valence-electron chi connectivity index (χ4n) is 7.66. The predicted octanol–water partition coefficient (Wildman–Crippen LogP) is 1.94. The molecule has 174 valence electrons. The van der Waals surface area contributed by atoms with Gasteiger partial charge in [0.05, 0.1) is 11.2 Å². The van der Waals surface area contributed by atoms with E-state index in [1.165, 1.54) is 23.6 Å². The zero-order valence-electron chi connectivity index (χ0n) is 18.8. The number of hydrogen-bond donors (Lipinski definition) is 0. The summed E-state index contributed by atoms with van der Waals surface area (Å²) in [5, 5.41) is 0. The predicted molar refractivity (Wildman–Crippen MR) is 118 cm³/mol. The number of amides is 2. The molecule has 2 aliphatic heterocycles. The van der Waals surface area contributed by atoms with Crippen molar-refractivity contribution in [3.8, 4) is 0 Å². The molecular formula is C23H37N3O4S. The Morgan fingerprint density at radius 1 is 0.806 bits per heavy atom. The Morgan fingerprint density at radius 2 is 1.29 bits per heavy atom. The number of nitrogens with zero attached hydrogens (tertiary/aromatic N) is 3. The van der Waals surface area contributed by atoms with Gasteiger partial charge in [-0.3, -0.25) is 9.59 Å². The van der Waals surface area contributed by atoms with E-state index in [2.05, 4.69) is 0 Å². The van der Waals surface area contributed by atoms with Gasteiger partial charge in [-0.25, -0.2) is 12.7 Å². The number of piperidine rings is 1. The molecule has 0 unspecified atom stereocenters. The molecule has 0 aromatic heterocycles. The minimum Gasteiger partial charge on any atom is -0.339 e. The SMILES string of the molecule is CCS(=O)(=O)N1CCC(C(=O)N2CCN(C(=O)C34CC5CC(CC(C5)C3)C4)CC2)CC1. The first kappa shape index (κ1) is 21.7. The van der Waals surface area contributed by atoms with E-state index in [1.54, 1.807) is 6.92 Å². The number of carbonyl (C=O) groups is 2. The van der Waals surface area contributed by atoms with Crippen LogP contribution in [0.4, 0.5) is 0 Å². The summed E-state index contributed by atoms with van der Waals surface area (Å²) < 4.78 is 25.6. The van der Waals surface area contributed by atoms with Crippen LogP contribution in [0.25, 0.3) is 0 Å². The first-order valence-corrected chi connectivity index (χ1v) is 14.0. The Labute approximate surface area is 186 Å². The molecule has 31 heavy (non-hydrogen) atoms. The second-order valence-corrected chi connectivity index (χ2v) is 13.1. The quantitative estimate of drug-likeness (QED) is 0.654. The molecular weight excluding hydrogens is 414 g/mol.